The molecule has 0 saturated carbocycles. The standard InChI is InChI=1S/C26H29F3N8O/c1-16(36-9-11-37(12-10-36)24(38)15-26(27,28)29)18-5-7-31-23(14-18)35-25-33-21-4-3-19(13-22(21)34-25)20-6-8-30-17(2)32-20/h3-8,13-14,16,24,38H,9-12,15H2,1-2H3,(H2,31,33,34,35). The third-order valence-electron chi connectivity index (χ3n) is 6.80. The minimum atomic E-state index is -4.39. The molecule has 12 heteroatoms. The summed E-state index contributed by atoms with van der Waals surface area (Å²) in [6.07, 6.45) is -3.66. The normalized spacial score (nSPS) is 17.0. The highest BCUT2D eigenvalue weighted by atomic mass is 19.4. The second kappa shape index (κ2) is 10.6. The fourth-order valence-corrected chi connectivity index (χ4v) is 4.71. The summed E-state index contributed by atoms with van der Waals surface area (Å²) in [5, 5.41) is 13.2. The van der Waals surface area contributed by atoms with E-state index in [0.717, 1.165) is 27.9 Å². The number of aliphatic hydroxyl groups excluding tert-OH is 1. The molecule has 200 valence electrons. The fraction of sp³-hybridized carbons (Fsp3) is 0.385. The summed E-state index contributed by atoms with van der Waals surface area (Å²) in [6.45, 7) is 5.75. The number of nitrogens with one attached hydrogen (secondary N) is 2. The second-order valence-electron chi connectivity index (χ2n) is 9.45. The van der Waals surface area contributed by atoms with Gasteiger partial charge in [-0.3, -0.25) is 9.80 Å². The topological polar surface area (TPSA) is 106 Å². The van der Waals surface area contributed by atoms with Crippen LogP contribution in [0.1, 0.15) is 30.8 Å². The maximum absolute atomic E-state index is 12.6. The lowest BCUT2D eigenvalue weighted by Gasteiger charge is -2.40. The summed E-state index contributed by atoms with van der Waals surface area (Å²) in [6, 6.07) is 11.7. The lowest BCUT2D eigenvalue weighted by molar-refractivity contribution is -0.177. The Morgan fingerprint density at radius 2 is 1.74 bits per heavy atom. The van der Waals surface area contributed by atoms with E-state index in [1.165, 1.54) is 4.90 Å². The zero-order valence-electron chi connectivity index (χ0n) is 21.1. The Hall–Kier alpha value is -3.61. The fourth-order valence-electron chi connectivity index (χ4n) is 4.71. The lowest BCUT2D eigenvalue weighted by atomic mass is 10.1. The van der Waals surface area contributed by atoms with E-state index >= 15 is 0 Å². The number of rotatable bonds is 7. The maximum atomic E-state index is 12.6. The van der Waals surface area contributed by atoms with E-state index in [1.54, 1.807) is 12.4 Å². The highest BCUT2D eigenvalue weighted by Gasteiger charge is 2.35. The number of aromatic amines is 1. The largest absolute Gasteiger partial charge is 0.392 e. The van der Waals surface area contributed by atoms with E-state index in [9.17, 15) is 18.3 Å². The number of fused-ring (bicyclic) bond motifs is 1. The molecule has 0 bridgehead atoms. The van der Waals surface area contributed by atoms with E-state index in [1.807, 2.05) is 43.3 Å². The molecule has 4 heterocycles. The van der Waals surface area contributed by atoms with Crippen molar-refractivity contribution in [3.8, 4) is 11.3 Å². The summed E-state index contributed by atoms with van der Waals surface area (Å²) in [7, 11) is 0. The molecule has 1 aromatic carbocycles. The van der Waals surface area contributed by atoms with Gasteiger partial charge in [-0.25, -0.2) is 19.9 Å². The molecule has 3 N–H and O–H groups in total. The Labute approximate surface area is 217 Å². The van der Waals surface area contributed by atoms with E-state index in [2.05, 4.69) is 42.1 Å². The van der Waals surface area contributed by atoms with Crippen LogP contribution in [0.4, 0.5) is 24.9 Å². The number of alkyl halides is 3. The molecule has 1 saturated heterocycles. The van der Waals surface area contributed by atoms with Gasteiger partial charge in [0.25, 0.3) is 0 Å². The molecule has 5 rings (SSSR count). The van der Waals surface area contributed by atoms with Crippen LogP contribution >= 0.6 is 0 Å². The zero-order chi connectivity index (χ0) is 26.9. The Morgan fingerprint density at radius 3 is 2.47 bits per heavy atom. The first kappa shape index (κ1) is 26.0. The number of anilines is 2. The molecule has 0 amide bonds. The van der Waals surface area contributed by atoms with Gasteiger partial charge in [-0.05, 0) is 49.7 Å². The number of aromatic nitrogens is 5. The van der Waals surface area contributed by atoms with Gasteiger partial charge < -0.3 is 15.4 Å². The first-order valence-corrected chi connectivity index (χ1v) is 12.4. The number of aryl methyl sites for hydroxylation is 1. The number of imidazole rings is 1. The van der Waals surface area contributed by atoms with Gasteiger partial charge in [0.2, 0.25) is 5.95 Å². The quantitative estimate of drug-likeness (QED) is 0.325. The summed E-state index contributed by atoms with van der Waals surface area (Å²) < 4.78 is 37.9. The molecule has 1 aliphatic rings. The zero-order valence-corrected chi connectivity index (χ0v) is 21.1. The molecule has 2 atom stereocenters. The third kappa shape index (κ3) is 6.09. The maximum Gasteiger partial charge on any atom is 0.392 e. The lowest BCUT2D eigenvalue weighted by Crippen LogP contribution is -2.51. The van der Waals surface area contributed by atoms with Crippen LogP contribution in [-0.2, 0) is 0 Å². The van der Waals surface area contributed by atoms with Crippen molar-refractivity contribution < 1.29 is 18.3 Å². The average molecular weight is 527 g/mol. The van der Waals surface area contributed by atoms with Crippen molar-refractivity contribution in [2.45, 2.75) is 38.7 Å². The third-order valence-corrected chi connectivity index (χ3v) is 6.80. The van der Waals surface area contributed by atoms with Gasteiger partial charge in [0.1, 0.15) is 17.9 Å². The summed E-state index contributed by atoms with van der Waals surface area (Å²) in [5.74, 6) is 1.88. The smallest absolute Gasteiger partial charge is 0.378 e. The molecule has 9 nitrogen and oxygen atoms in total. The number of hydrogen-bond acceptors (Lipinski definition) is 8. The highest BCUT2D eigenvalue weighted by molar-refractivity contribution is 5.83. The van der Waals surface area contributed by atoms with Crippen LogP contribution in [0.3, 0.4) is 0 Å². The second-order valence-corrected chi connectivity index (χ2v) is 9.45. The first-order chi connectivity index (χ1) is 18.1. The van der Waals surface area contributed by atoms with Gasteiger partial charge in [0.15, 0.2) is 0 Å². The number of benzene rings is 1. The van der Waals surface area contributed by atoms with E-state index in [-0.39, 0.29) is 6.04 Å². The van der Waals surface area contributed by atoms with Crippen molar-refractivity contribution in [2.24, 2.45) is 0 Å². The van der Waals surface area contributed by atoms with Gasteiger partial charge >= 0.3 is 6.18 Å². The van der Waals surface area contributed by atoms with Crippen molar-refractivity contribution in [1.29, 1.82) is 0 Å². The van der Waals surface area contributed by atoms with Gasteiger partial charge in [-0.1, -0.05) is 6.07 Å². The van der Waals surface area contributed by atoms with Gasteiger partial charge in [-0.2, -0.15) is 13.2 Å². The van der Waals surface area contributed by atoms with Crippen LogP contribution in [0.15, 0.2) is 48.8 Å². The molecular formula is C26H29F3N8O. The Kier molecular flexibility index (Phi) is 7.28. The number of hydrogen-bond donors (Lipinski definition) is 3. The molecule has 1 aliphatic heterocycles. The predicted molar refractivity (Wildman–Crippen MR) is 138 cm³/mol. The monoisotopic (exact) mass is 526 g/mol. The molecule has 0 aliphatic carbocycles. The number of nitrogens with zero attached hydrogens (tertiary/aromatic N) is 6. The molecule has 2 unspecified atom stereocenters. The molecule has 38 heavy (non-hydrogen) atoms. The molecule has 0 spiro atoms. The van der Waals surface area contributed by atoms with E-state index in [0.29, 0.717) is 43.8 Å². The number of H-pyrrole nitrogens is 1. The van der Waals surface area contributed by atoms with Crippen LogP contribution in [0, 0.1) is 6.92 Å². The predicted octanol–water partition coefficient (Wildman–Crippen LogP) is 4.42. The van der Waals surface area contributed by atoms with Crippen molar-refractivity contribution >= 4 is 22.8 Å². The average Bonchev–Trinajstić information content (AvgIpc) is 3.29. The highest BCUT2D eigenvalue weighted by Crippen LogP contribution is 2.28. The van der Waals surface area contributed by atoms with Crippen molar-refractivity contribution in [3.05, 3.63) is 60.2 Å². The van der Waals surface area contributed by atoms with Crippen LogP contribution in [0.2, 0.25) is 0 Å². The Bertz CT molecular complexity index is 1400. The van der Waals surface area contributed by atoms with Crippen LogP contribution in [-0.4, -0.2) is 78.4 Å². The molecule has 3 aromatic heterocycles. The minimum Gasteiger partial charge on any atom is -0.378 e. The number of piperazine rings is 1. The van der Waals surface area contributed by atoms with E-state index < -0.39 is 18.8 Å². The van der Waals surface area contributed by atoms with Crippen molar-refractivity contribution in [1.82, 2.24) is 34.7 Å². The minimum absolute atomic E-state index is 0.0232. The SMILES string of the molecule is Cc1nccc(-c2ccc3nc(Nc4cc(C(C)N5CCN(C(O)CC(F)(F)F)CC5)ccn4)[nH]c3c2)n1. The summed E-state index contributed by atoms with van der Waals surface area (Å²) in [4.78, 5) is 24.6. The number of halogens is 3. The number of aliphatic hydroxyl groups is 1. The van der Waals surface area contributed by atoms with Crippen molar-refractivity contribution in [3.63, 3.8) is 0 Å². The Morgan fingerprint density at radius 1 is 1.00 bits per heavy atom. The van der Waals surface area contributed by atoms with E-state index in [4.69, 9.17) is 0 Å². The van der Waals surface area contributed by atoms with Crippen LogP contribution in [0.5, 0.6) is 0 Å². The molecule has 4 aromatic rings. The first-order valence-electron chi connectivity index (χ1n) is 12.4. The van der Waals surface area contributed by atoms with Gasteiger partial charge in [0, 0.05) is 50.2 Å². The summed E-state index contributed by atoms with van der Waals surface area (Å²) in [5.41, 5.74) is 4.47. The Balaban J connectivity index is 1.24. The molecule has 0 radical (unpaired) electrons. The molecular weight excluding hydrogens is 497 g/mol. The number of pyridine rings is 1. The van der Waals surface area contributed by atoms with Crippen LogP contribution < -0.4 is 5.32 Å². The molecule has 1 fully saturated rings. The van der Waals surface area contributed by atoms with Crippen molar-refractivity contribution in [2.75, 3.05) is 31.5 Å². The van der Waals surface area contributed by atoms with Crippen LogP contribution in [0.25, 0.3) is 22.3 Å². The summed E-state index contributed by atoms with van der Waals surface area (Å²) >= 11 is 0. The van der Waals surface area contributed by atoms with Gasteiger partial charge in [0.05, 0.1) is 23.1 Å². The van der Waals surface area contributed by atoms with Gasteiger partial charge in [-0.15, -0.1) is 0 Å².